The molecule has 3 atom stereocenters. The molecule has 154 valence electrons. The molecule has 4 heterocycles. The van der Waals surface area contributed by atoms with Crippen molar-refractivity contribution in [1.29, 1.82) is 0 Å². The van der Waals surface area contributed by atoms with Gasteiger partial charge in [0.15, 0.2) is 5.17 Å². The van der Waals surface area contributed by atoms with Crippen LogP contribution < -0.4 is 0 Å². The van der Waals surface area contributed by atoms with E-state index in [1.807, 2.05) is 53.7 Å². The van der Waals surface area contributed by atoms with E-state index < -0.39 is 0 Å². The number of hydrogen-bond acceptors (Lipinski definition) is 4. The summed E-state index contributed by atoms with van der Waals surface area (Å²) in [5.41, 5.74) is 4.87. The van der Waals surface area contributed by atoms with E-state index in [4.69, 9.17) is 4.99 Å². The molecule has 0 aliphatic carbocycles. The zero-order valence-electron chi connectivity index (χ0n) is 17.4. The first kappa shape index (κ1) is 19.4. The molecule has 0 bridgehead atoms. The van der Waals surface area contributed by atoms with Crippen LogP contribution in [-0.2, 0) is 0 Å². The van der Waals surface area contributed by atoms with Gasteiger partial charge in [0, 0.05) is 29.4 Å². The fourth-order valence-corrected chi connectivity index (χ4v) is 6.12. The van der Waals surface area contributed by atoms with Gasteiger partial charge in [-0.1, -0.05) is 36.9 Å². The highest BCUT2D eigenvalue weighted by molar-refractivity contribution is 8.14. The number of fused-ring (bicyclic) bond motifs is 1. The molecule has 5 rings (SSSR count). The van der Waals surface area contributed by atoms with Crippen molar-refractivity contribution in [1.82, 2.24) is 14.5 Å². The van der Waals surface area contributed by atoms with E-state index in [-0.39, 0.29) is 17.9 Å². The second-order valence-corrected chi connectivity index (χ2v) is 8.94. The standard InChI is InChI=1S/C24H25FN4S/c1-4-17-14-30-24-27-22(20-10-7-8-12-26-20)23(29(17)24)18-13-15(2)28(16(18)3)21-11-6-5-9-19(21)25/h5-13,17,22-23H,4,14H2,1-3H3. The number of nitrogens with zero attached hydrogens (tertiary/aromatic N) is 4. The third-order valence-corrected chi connectivity index (χ3v) is 7.34. The van der Waals surface area contributed by atoms with Crippen molar-refractivity contribution in [2.75, 3.05) is 5.75 Å². The number of halogens is 1. The number of aryl methyl sites for hydroxylation is 1. The van der Waals surface area contributed by atoms with E-state index in [0.717, 1.165) is 34.4 Å². The zero-order valence-corrected chi connectivity index (χ0v) is 18.2. The Balaban J connectivity index is 1.66. The zero-order chi connectivity index (χ0) is 20.8. The Morgan fingerprint density at radius 2 is 1.93 bits per heavy atom. The molecule has 1 aromatic carbocycles. The third kappa shape index (κ3) is 2.97. The maximum atomic E-state index is 14.6. The summed E-state index contributed by atoms with van der Waals surface area (Å²) in [5, 5.41) is 1.11. The van der Waals surface area contributed by atoms with E-state index >= 15 is 0 Å². The van der Waals surface area contributed by atoms with E-state index in [0.29, 0.717) is 11.7 Å². The summed E-state index contributed by atoms with van der Waals surface area (Å²) in [6.07, 6.45) is 2.91. The second kappa shape index (κ2) is 7.58. The molecule has 0 spiro atoms. The highest BCUT2D eigenvalue weighted by atomic mass is 32.2. The van der Waals surface area contributed by atoms with Gasteiger partial charge in [-0.2, -0.15) is 0 Å². The van der Waals surface area contributed by atoms with Crippen molar-refractivity contribution < 1.29 is 4.39 Å². The number of aromatic nitrogens is 2. The Kier molecular flexibility index (Phi) is 4.89. The lowest BCUT2D eigenvalue weighted by molar-refractivity contribution is 0.254. The fourth-order valence-electron chi connectivity index (χ4n) is 4.78. The van der Waals surface area contributed by atoms with Crippen LogP contribution in [0.1, 0.15) is 48.1 Å². The van der Waals surface area contributed by atoms with Gasteiger partial charge in [0.25, 0.3) is 0 Å². The molecule has 0 radical (unpaired) electrons. The minimum Gasteiger partial charge on any atom is -0.338 e. The van der Waals surface area contributed by atoms with Crippen LogP contribution in [0.4, 0.5) is 4.39 Å². The van der Waals surface area contributed by atoms with E-state index in [9.17, 15) is 4.39 Å². The van der Waals surface area contributed by atoms with Gasteiger partial charge < -0.3 is 9.47 Å². The number of hydrogen-bond donors (Lipinski definition) is 0. The number of para-hydroxylation sites is 1. The van der Waals surface area contributed by atoms with Gasteiger partial charge in [0.05, 0.1) is 17.4 Å². The average Bonchev–Trinajstić information content (AvgIpc) is 3.41. The van der Waals surface area contributed by atoms with Crippen LogP contribution in [0, 0.1) is 19.7 Å². The predicted octanol–water partition coefficient (Wildman–Crippen LogP) is 5.61. The highest BCUT2D eigenvalue weighted by Crippen LogP contribution is 2.49. The van der Waals surface area contributed by atoms with Crippen molar-refractivity contribution >= 4 is 16.9 Å². The Morgan fingerprint density at radius 1 is 1.13 bits per heavy atom. The van der Waals surface area contributed by atoms with Crippen molar-refractivity contribution in [3.05, 3.63) is 83.2 Å². The lowest BCUT2D eigenvalue weighted by Gasteiger charge is -2.32. The molecule has 4 nitrogen and oxygen atoms in total. The average molecular weight is 421 g/mol. The first-order valence-electron chi connectivity index (χ1n) is 10.4. The van der Waals surface area contributed by atoms with Crippen LogP contribution >= 0.6 is 11.8 Å². The molecule has 30 heavy (non-hydrogen) atoms. The fraction of sp³-hybridized carbons (Fsp3) is 0.333. The summed E-state index contributed by atoms with van der Waals surface area (Å²) in [6, 6.07) is 15.7. The van der Waals surface area contributed by atoms with Crippen LogP contribution in [0.3, 0.4) is 0 Å². The summed E-state index contributed by atoms with van der Waals surface area (Å²) < 4.78 is 16.7. The Hall–Kier alpha value is -2.60. The molecule has 3 unspecified atom stereocenters. The number of pyridine rings is 1. The lowest BCUT2D eigenvalue weighted by atomic mass is 9.95. The summed E-state index contributed by atoms with van der Waals surface area (Å²) >= 11 is 1.84. The number of benzene rings is 1. The summed E-state index contributed by atoms with van der Waals surface area (Å²) in [5.74, 6) is 0.853. The molecule has 0 saturated carbocycles. The minimum absolute atomic E-state index is 0.0578. The Morgan fingerprint density at radius 3 is 2.67 bits per heavy atom. The third-order valence-electron chi connectivity index (χ3n) is 6.21. The number of amidine groups is 1. The van der Waals surface area contributed by atoms with Crippen LogP contribution in [0.25, 0.3) is 5.69 Å². The van der Waals surface area contributed by atoms with Gasteiger partial charge in [0.1, 0.15) is 11.9 Å². The number of thioether (sulfide) groups is 1. The van der Waals surface area contributed by atoms with Crippen molar-refractivity contribution in [2.24, 2.45) is 4.99 Å². The summed E-state index contributed by atoms with van der Waals surface area (Å²) in [6.45, 7) is 6.37. The van der Waals surface area contributed by atoms with Gasteiger partial charge in [-0.3, -0.25) is 9.98 Å². The molecule has 1 saturated heterocycles. The first-order valence-corrected chi connectivity index (χ1v) is 11.4. The summed E-state index contributed by atoms with van der Waals surface area (Å²) in [4.78, 5) is 12.2. The van der Waals surface area contributed by atoms with Crippen molar-refractivity contribution in [2.45, 2.75) is 45.3 Å². The molecule has 1 fully saturated rings. The van der Waals surface area contributed by atoms with E-state index in [2.05, 4.69) is 35.9 Å². The molecule has 0 amide bonds. The topological polar surface area (TPSA) is 33.4 Å². The monoisotopic (exact) mass is 420 g/mol. The van der Waals surface area contributed by atoms with Crippen LogP contribution in [0.15, 0.2) is 59.7 Å². The largest absolute Gasteiger partial charge is 0.338 e. The molecule has 6 heteroatoms. The number of aliphatic imine (C=N–C) groups is 1. The molecule has 2 aliphatic heterocycles. The molecular weight excluding hydrogens is 395 g/mol. The van der Waals surface area contributed by atoms with E-state index in [1.165, 1.54) is 11.6 Å². The van der Waals surface area contributed by atoms with Crippen LogP contribution in [0.2, 0.25) is 0 Å². The van der Waals surface area contributed by atoms with Crippen LogP contribution in [0.5, 0.6) is 0 Å². The highest BCUT2D eigenvalue weighted by Gasteiger charge is 2.46. The Bertz CT molecular complexity index is 1110. The van der Waals surface area contributed by atoms with Gasteiger partial charge in [-0.25, -0.2) is 4.39 Å². The molecule has 0 N–H and O–H groups in total. The Labute approximate surface area is 180 Å². The molecule has 3 aromatic rings. The maximum Gasteiger partial charge on any atom is 0.160 e. The quantitative estimate of drug-likeness (QED) is 0.550. The van der Waals surface area contributed by atoms with Gasteiger partial charge >= 0.3 is 0 Å². The molecular formula is C24H25FN4S. The number of rotatable bonds is 4. The predicted molar refractivity (Wildman–Crippen MR) is 121 cm³/mol. The van der Waals surface area contributed by atoms with Gasteiger partial charge in [-0.05, 0) is 56.2 Å². The van der Waals surface area contributed by atoms with Crippen molar-refractivity contribution in [3.8, 4) is 5.69 Å². The van der Waals surface area contributed by atoms with Crippen molar-refractivity contribution in [3.63, 3.8) is 0 Å². The lowest BCUT2D eigenvalue weighted by Crippen LogP contribution is -2.35. The van der Waals surface area contributed by atoms with Crippen LogP contribution in [-0.4, -0.2) is 31.4 Å². The summed E-state index contributed by atoms with van der Waals surface area (Å²) in [7, 11) is 0. The first-order chi connectivity index (χ1) is 14.6. The smallest absolute Gasteiger partial charge is 0.160 e. The van der Waals surface area contributed by atoms with Gasteiger partial charge in [0.2, 0.25) is 0 Å². The normalized spacial score (nSPS) is 23.0. The SMILES string of the molecule is CCC1CSC2=NC(c3ccccn3)C(c3cc(C)n(-c4ccccc4F)c3C)N21. The minimum atomic E-state index is -0.210. The van der Waals surface area contributed by atoms with Gasteiger partial charge in [-0.15, -0.1) is 0 Å². The van der Waals surface area contributed by atoms with E-state index in [1.54, 1.807) is 6.07 Å². The second-order valence-electron chi connectivity index (χ2n) is 7.95. The maximum absolute atomic E-state index is 14.6. The molecule has 2 aliphatic rings. The molecule has 2 aromatic heterocycles.